The van der Waals surface area contributed by atoms with Crippen LogP contribution in [0.5, 0.6) is 0 Å². The maximum absolute atomic E-state index is 10.8. The van der Waals surface area contributed by atoms with Gasteiger partial charge in [-0.2, -0.15) is 0 Å². The second-order valence-corrected chi connectivity index (χ2v) is 11.4. The van der Waals surface area contributed by atoms with Crippen molar-refractivity contribution in [2.45, 2.75) is 59.3 Å². The van der Waals surface area contributed by atoms with Gasteiger partial charge in [-0.3, -0.25) is 3.07 Å². The van der Waals surface area contributed by atoms with Crippen LogP contribution in [0, 0.1) is 17.8 Å². The summed E-state index contributed by atoms with van der Waals surface area (Å²) in [5, 5.41) is 0. The third-order valence-corrected chi connectivity index (χ3v) is 6.94. The summed E-state index contributed by atoms with van der Waals surface area (Å²) in [6.45, 7) is 23.2. The van der Waals surface area contributed by atoms with Gasteiger partial charge >= 0.3 is 147 Å². The molecule has 230 valence electrons. The van der Waals surface area contributed by atoms with E-state index in [1.165, 1.54) is 6.92 Å². The van der Waals surface area contributed by atoms with Crippen LogP contribution in [0.2, 0.25) is 0 Å². The molecule has 0 saturated heterocycles. The van der Waals surface area contributed by atoms with E-state index in [1.54, 1.807) is 14.0 Å². The zero-order valence-electron chi connectivity index (χ0n) is 24.0. The van der Waals surface area contributed by atoms with Crippen LogP contribution < -0.4 is 22.0 Å². The number of hydrogen-bond donors (Lipinski definition) is 0. The van der Waals surface area contributed by atoms with Crippen LogP contribution in [-0.2, 0) is 31.3 Å². The van der Waals surface area contributed by atoms with Crippen molar-refractivity contribution in [2.75, 3.05) is 40.3 Å². The molecule has 0 amide bonds. The molecule has 0 spiro atoms. The molecule has 0 aliphatic carbocycles. The molecule has 0 aliphatic rings. The quantitative estimate of drug-likeness (QED) is 0.0364. The topological polar surface area (TPSA) is 89.5 Å². The van der Waals surface area contributed by atoms with E-state index in [1.807, 2.05) is 71.2 Å². The normalized spacial score (nSPS) is 12.5. The summed E-state index contributed by atoms with van der Waals surface area (Å²) in [7, 11) is 1.68. The number of Topliss-reactive ketones (excluding diaryl/α,β-unsaturated/α-hetero) is 1. The van der Waals surface area contributed by atoms with Gasteiger partial charge in [0.25, 0.3) is 0 Å². The van der Waals surface area contributed by atoms with Crippen molar-refractivity contribution in [3.63, 3.8) is 0 Å². The Morgan fingerprint density at radius 1 is 0.897 bits per heavy atom. The molecule has 0 aromatic rings. The van der Waals surface area contributed by atoms with E-state index in [9.17, 15) is 9.59 Å². The molecule has 8 nitrogen and oxygen atoms in total. The van der Waals surface area contributed by atoms with Crippen LogP contribution >= 0.6 is 46.0 Å². The monoisotopic (exact) mass is 893 g/mol. The molecule has 0 aromatic heterocycles. The zero-order valence-corrected chi connectivity index (χ0v) is 30.4. The van der Waals surface area contributed by atoms with Crippen molar-refractivity contribution in [3.8, 4) is 0 Å². The third-order valence-electron chi connectivity index (χ3n) is 5.01. The van der Waals surface area contributed by atoms with E-state index in [4.69, 9.17) is 18.7 Å². The first-order valence-corrected chi connectivity index (χ1v) is 16.2. The first kappa shape index (κ1) is 43.5. The molecule has 0 aromatic carbocycles. The number of rotatable bonds is 23. The fourth-order valence-electron chi connectivity index (χ4n) is 2.94. The number of carbonyl (C=O) groups excluding carboxylic acids is 2. The Bertz CT molecular complexity index is 618. The van der Waals surface area contributed by atoms with Gasteiger partial charge in [-0.15, -0.1) is 0 Å². The van der Waals surface area contributed by atoms with Gasteiger partial charge in [0.1, 0.15) is 51.8 Å². The zero-order chi connectivity index (χ0) is 30.3. The Morgan fingerprint density at radius 3 is 1.85 bits per heavy atom. The Labute approximate surface area is 276 Å². The van der Waals surface area contributed by atoms with E-state index in [2.05, 4.69) is 29.4 Å². The van der Waals surface area contributed by atoms with Crippen LogP contribution in [0.25, 0.3) is 0 Å². The van der Waals surface area contributed by atoms with Crippen molar-refractivity contribution >= 4 is 57.8 Å². The van der Waals surface area contributed by atoms with Crippen molar-refractivity contribution in [2.24, 2.45) is 17.8 Å². The maximum atomic E-state index is 10.8. The summed E-state index contributed by atoms with van der Waals surface area (Å²) in [5.41, 5.74) is 0.387. The predicted octanol–water partition coefficient (Wildman–Crippen LogP) is 4.72. The van der Waals surface area contributed by atoms with Crippen LogP contribution in [0.4, 0.5) is 0 Å². The van der Waals surface area contributed by atoms with E-state index in [-0.39, 0.29) is 5.78 Å². The Hall–Kier alpha value is 0.0900. The minimum Gasteiger partial charge on any atom is -0.316 e. The van der Waals surface area contributed by atoms with E-state index in [0.717, 1.165) is 38.9 Å². The number of halogens is 3. The van der Waals surface area contributed by atoms with Gasteiger partial charge in [0.05, 0.1) is 13.2 Å². The number of hydrogen-bond acceptors (Lipinski definition) is 8. The molecule has 3 unspecified atom stereocenters. The van der Waals surface area contributed by atoms with Gasteiger partial charge < -0.3 is 12.6 Å². The Morgan fingerprint density at radius 2 is 1.44 bits per heavy atom. The largest absolute Gasteiger partial charge is 0.316 e. The van der Waals surface area contributed by atoms with Crippen molar-refractivity contribution in [3.05, 3.63) is 50.1 Å². The molecule has 0 heterocycles. The van der Waals surface area contributed by atoms with Gasteiger partial charge in [-0.05, 0) is 27.2 Å². The van der Waals surface area contributed by atoms with Crippen LogP contribution in [0.15, 0.2) is 50.1 Å². The van der Waals surface area contributed by atoms with Gasteiger partial charge in [0, 0.05) is 12.0 Å². The van der Waals surface area contributed by atoms with Crippen molar-refractivity contribution < 1.29 is 53.4 Å². The summed E-state index contributed by atoms with van der Waals surface area (Å²) in [5.74, 6) is 1.03. The molecule has 3 atom stereocenters. The molecule has 0 saturated carbocycles. The maximum Gasteiger partial charge on any atom is 0.109 e. The fraction of sp³-hybridized carbons (Fsp3) is 0.643. The van der Waals surface area contributed by atoms with Gasteiger partial charge in [0.15, 0.2) is 0 Å². The minimum absolute atomic E-state index is 0.112. The molecule has 0 radical (unpaired) electrons. The SMILES string of the molecule is C=C(C)C(=O)OCCCC(C)=O.C=CC(CCOCOI)CC(C=C)CC(C=C)CCO[I-]OC.CCOI. The molecule has 0 aliphatic heterocycles. The molecular weight excluding hydrogens is 845 g/mol. The molecular formula is C28H48I3O8-. The average Bonchev–Trinajstić information content (AvgIpc) is 2.93. The number of allylic oxidation sites excluding steroid dienone is 3. The number of ether oxygens (including phenoxy) is 2. The summed E-state index contributed by atoms with van der Waals surface area (Å²) in [6, 6.07) is 0. The van der Waals surface area contributed by atoms with Crippen molar-refractivity contribution in [1.82, 2.24) is 0 Å². The predicted molar refractivity (Wildman–Crippen MR) is 170 cm³/mol. The molecule has 39 heavy (non-hydrogen) atoms. The number of ketones is 1. The molecule has 0 bridgehead atoms. The molecule has 0 rings (SSSR count). The summed E-state index contributed by atoms with van der Waals surface area (Å²) < 4.78 is 30.0. The second kappa shape index (κ2) is 34.3. The summed E-state index contributed by atoms with van der Waals surface area (Å²) >= 11 is 3.13. The van der Waals surface area contributed by atoms with Crippen LogP contribution in [0.3, 0.4) is 0 Å². The van der Waals surface area contributed by atoms with Gasteiger partial charge in [0.2, 0.25) is 0 Å². The van der Waals surface area contributed by atoms with E-state index < -0.39 is 28.0 Å². The second-order valence-electron chi connectivity index (χ2n) is 8.32. The van der Waals surface area contributed by atoms with Gasteiger partial charge in [-0.25, -0.2) is 4.79 Å². The molecule has 0 N–H and O–H groups in total. The molecule has 11 heteroatoms. The fourth-order valence-corrected chi connectivity index (χ4v) is 3.80. The molecule has 0 fully saturated rings. The van der Waals surface area contributed by atoms with Crippen LogP contribution in [0.1, 0.15) is 59.3 Å². The van der Waals surface area contributed by atoms with Crippen LogP contribution in [-0.4, -0.2) is 52.1 Å². The standard InChI is InChI=1S/C17H29I2O4.C9H14O3.C2H5IO/c1-5-15(8-10-21-14-22-18)12-17(7-3)13-16(6-2)9-11-23-19-20-4;1-7(2)9(11)12-6-4-5-8(3)10;1-2-4-3/h5-7,15-17H,1-3,8-14H2,4H3;1,4-6H2,2-3H3;2H2,1H3/q-1;;. The number of esters is 1. The summed E-state index contributed by atoms with van der Waals surface area (Å²) in [4.78, 5) is 21.2. The third kappa shape index (κ3) is 34.2. The first-order valence-electron chi connectivity index (χ1n) is 12.7. The Balaban J connectivity index is -0.000000673. The minimum atomic E-state index is -0.554. The first-order chi connectivity index (χ1) is 18.7. The van der Waals surface area contributed by atoms with Crippen molar-refractivity contribution in [1.29, 1.82) is 0 Å². The van der Waals surface area contributed by atoms with E-state index >= 15 is 0 Å². The smallest absolute Gasteiger partial charge is 0.109 e. The average molecular weight is 893 g/mol. The van der Waals surface area contributed by atoms with E-state index in [0.29, 0.717) is 56.2 Å². The summed E-state index contributed by atoms with van der Waals surface area (Å²) in [6.07, 6.45) is 11.2. The van der Waals surface area contributed by atoms with Gasteiger partial charge in [-0.1, -0.05) is 6.58 Å². The Kier molecular flexibility index (Phi) is 38.3. The number of carbonyl (C=O) groups is 2.